The molecule has 0 aliphatic rings. The number of Topliss-reactive ketones (excluding diaryl/α,β-unsaturated/α-hetero) is 1. The molecule has 5 heteroatoms. The summed E-state index contributed by atoms with van der Waals surface area (Å²) in [7, 11) is 0. The number of hydrogen-bond donors (Lipinski definition) is 1. The van der Waals surface area contributed by atoms with Gasteiger partial charge in [0.2, 0.25) is 5.91 Å². The van der Waals surface area contributed by atoms with E-state index >= 15 is 0 Å². The molecular formula is C23H28FNO3. The number of halogens is 1. The van der Waals surface area contributed by atoms with Crippen molar-refractivity contribution in [3.05, 3.63) is 65.5 Å². The molecule has 0 bridgehead atoms. The van der Waals surface area contributed by atoms with Crippen LogP contribution in [0.1, 0.15) is 49.5 Å². The summed E-state index contributed by atoms with van der Waals surface area (Å²) >= 11 is 0. The minimum Gasteiger partial charge on any atom is -0.494 e. The lowest BCUT2D eigenvalue weighted by atomic mass is 9.96. The second-order valence-corrected chi connectivity index (χ2v) is 7.28. The Bertz CT molecular complexity index is 769. The van der Waals surface area contributed by atoms with Crippen molar-refractivity contribution in [2.75, 3.05) is 6.61 Å². The molecule has 2 aromatic rings. The molecular weight excluding hydrogens is 357 g/mol. The number of benzene rings is 2. The zero-order valence-electron chi connectivity index (χ0n) is 16.7. The Hall–Kier alpha value is -2.69. The Morgan fingerprint density at radius 2 is 1.68 bits per heavy atom. The van der Waals surface area contributed by atoms with Crippen LogP contribution in [0.4, 0.5) is 4.39 Å². The largest absolute Gasteiger partial charge is 0.494 e. The number of nitrogens with one attached hydrogen (secondary N) is 1. The first-order valence-corrected chi connectivity index (χ1v) is 9.62. The molecule has 0 spiro atoms. The molecule has 28 heavy (non-hydrogen) atoms. The van der Waals surface area contributed by atoms with Gasteiger partial charge in [-0.15, -0.1) is 0 Å². The summed E-state index contributed by atoms with van der Waals surface area (Å²) in [5, 5.41) is 3.07. The summed E-state index contributed by atoms with van der Waals surface area (Å²) in [5.41, 5.74) is 1.64. The molecule has 0 fully saturated rings. The van der Waals surface area contributed by atoms with Crippen molar-refractivity contribution in [2.45, 2.75) is 46.1 Å². The van der Waals surface area contributed by atoms with Crippen LogP contribution in [0.15, 0.2) is 48.5 Å². The van der Waals surface area contributed by atoms with Gasteiger partial charge in [0.25, 0.3) is 0 Å². The minimum atomic E-state index is -0.259. The number of carbonyl (C=O) groups excluding carboxylic acids is 2. The summed E-state index contributed by atoms with van der Waals surface area (Å²) in [6.45, 7) is 6.07. The monoisotopic (exact) mass is 385 g/mol. The van der Waals surface area contributed by atoms with Crippen molar-refractivity contribution in [1.82, 2.24) is 5.32 Å². The second-order valence-electron chi connectivity index (χ2n) is 7.28. The fourth-order valence-electron chi connectivity index (χ4n) is 2.82. The number of ether oxygens (including phenoxy) is 1. The predicted octanol–water partition coefficient (Wildman–Crippen LogP) is 4.57. The maximum atomic E-state index is 13.0. The lowest BCUT2D eigenvalue weighted by Crippen LogP contribution is -2.40. The fraction of sp³-hybridized carbons (Fsp3) is 0.391. The van der Waals surface area contributed by atoms with Gasteiger partial charge in [0, 0.05) is 18.0 Å². The Morgan fingerprint density at radius 1 is 1.04 bits per heavy atom. The lowest BCUT2D eigenvalue weighted by molar-refractivity contribution is -0.122. The third kappa shape index (κ3) is 7.14. The quantitative estimate of drug-likeness (QED) is 0.481. The summed E-state index contributed by atoms with van der Waals surface area (Å²) < 4.78 is 18.7. The average molecular weight is 385 g/mol. The average Bonchev–Trinajstić information content (AvgIpc) is 2.66. The van der Waals surface area contributed by atoms with Crippen LogP contribution in [-0.2, 0) is 11.2 Å². The van der Waals surface area contributed by atoms with Crippen molar-refractivity contribution < 1.29 is 18.7 Å². The fourth-order valence-corrected chi connectivity index (χ4v) is 2.82. The van der Waals surface area contributed by atoms with Gasteiger partial charge in [0.1, 0.15) is 11.6 Å². The van der Waals surface area contributed by atoms with E-state index in [0.29, 0.717) is 37.2 Å². The third-order valence-electron chi connectivity index (χ3n) is 4.60. The zero-order chi connectivity index (χ0) is 20.5. The second kappa shape index (κ2) is 10.6. The first-order valence-electron chi connectivity index (χ1n) is 9.62. The molecule has 2 rings (SSSR count). The summed E-state index contributed by atoms with van der Waals surface area (Å²) in [4.78, 5) is 23.5. The molecule has 0 aliphatic carbocycles. The first-order chi connectivity index (χ1) is 13.3. The van der Waals surface area contributed by atoms with E-state index < -0.39 is 0 Å². The number of rotatable bonds is 10. The molecule has 0 saturated carbocycles. The van der Waals surface area contributed by atoms with E-state index in [2.05, 4.69) is 19.2 Å². The van der Waals surface area contributed by atoms with E-state index in [-0.39, 0.29) is 29.5 Å². The maximum Gasteiger partial charge on any atom is 0.220 e. The van der Waals surface area contributed by atoms with Gasteiger partial charge in [-0.3, -0.25) is 9.59 Å². The number of carbonyl (C=O) groups is 2. The van der Waals surface area contributed by atoms with Crippen molar-refractivity contribution in [1.29, 1.82) is 0 Å². The standard InChI is InChI=1S/C23H28FNO3/c1-16(2)22(15-18-6-10-20(24)11-7-18)25-23(27)5-4-14-28-21-12-8-19(9-13-21)17(3)26/h6-13,16,22H,4-5,14-15H2,1-3H3,(H,25,27)/t22-/m0/s1. The van der Waals surface area contributed by atoms with Gasteiger partial charge in [0.05, 0.1) is 6.61 Å². The van der Waals surface area contributed by atoms with Crippen LogP contribution >= 0.6 is 0 Å². The number of hydrogen-bond acceptors (Lipinski definition) is 3. The Morgan fingerprint density at radius 3 is 2.25 bits per heavy atom. The van der Waals surface area contributed by atoms with Crippen molar-refractivity contribution >= 4 is 11.7 Å². The highest BCUT2D eigenvalue weighted by molar-refractivity contribution is 5.94. The molecule has 2 aromatic carbocycles. The van der Waals surface area contributed by atoms with Gasteiger partial charge in [-0.25, -0.2) is 4.39 Å². The maximum absolute atomic E-state index is 13.0. The van der Waals surface area contributed by atoms with Crippen LogP contribution in [0.2, 0.25) is 0 Å². The number of ketones is 1. The van der Waals surface area contributed by atoms with Gasteiger partial charge in [-0.2, -0.15) is 0 Å². The molecule has 0 heterocycles. The highest BCUT2D eigenvalue weighted by Crippen LogP contribution is 2.14. The predicted molar refractivity (Wildman–Crippen MR) is 108 cm³/mol. The van der Waals surface area contributed by atoms with Crippen LogP contribution in [0.5, 0.6) is 5.75 Å². The van der Waals surface area contributed by atoms with Crippen LogP contribution in [0.25, 0.3) is 0 Å². The van der Waals surface area contributed by atoms with Gasteiger partial charge >= 0.3 is 0 Å². The van der Waals surface area contributed by atoms with Gasteiger partial charge < -0.3 is 10.1 Å². The SMILES string of the molecule is CC(=O)c1ccc(OCCCC(=O)N[C@@H](Cc2ccc(F)cc2)C(C)C)cc1. The highest BCUT2D eigenvalue weighted by Gasteiger charge is 2.16. The van der Waals surface area contributed by atoms with Crippen molar-refractivity contribution in [2.24, 2.45) is 5.92 Å². The van der Waals surface area contributed by atoms with Gasteiger partial charge in [0.15, 0.2) is 5.78 Å². The molecule has 1 amide bonds. The molecule has 0 saturated heterocycles. The van der Waals surface area contributed by atoms with E-state index in [9.17, 15) is 14.0 Å². The summed E-state index contributed by atoms with van der Waals surface area (Å²) in [6, 6.07) is 13.4. The third-order valence-corrected chi connectivity index (χ3v) is 4.60. The molecule has 150 valence electrons. The molecule has 0 aromatic heterocycles. The molecule has 1 atom stereocenters. The van der Waals surface area contributed by atoms with Crippen molar-refractivity contribution in [3.63, 3.8) is 0 Å². The minimum absolute atomic E-state index is 0.00185. The molecule has 0 radical (unpaired) electrons. The van der Waals surface area contributed by atoms with E-state index in [1.165, 1.54) is 19.1 Å². The Labute approximate surface area is 166 Å². The van der Waals surface area contributed by atoms with Gasteiger partial charge in [-0.05, 0) is 67.6 Å². The van der Waals surface area contributed by atoms with Crippen LogP contribution in [0.3, 0.4) is 0 Å². The first kappa shape index (κ1) is 21.6. The molecule has 1 N–H and O–H groups in total. The van der Waals surface area contributed by atoms with E-state index in [1.807, 2.05) is 0 Å². The summed E-state index contributed by atoms with van der Waals surface area (Å²) in [5.74, 6) is 0.691. The van der Waals surface area contributed by atoms with Crippen molar-refractivity contribution in [3.8, 4) is 5.75 Å². The van der Waals surface area contributed by atoms with Crippen LogP contribution in [0, 0.1) is 11.7 Å². The van der Waals surface area contributed by atoms with E-state index in [4.69, 9.17) is 4.74 Å². The molecule has 0 unspecified atom stereocenters. The Balaban J connectivity index is 1.74. The lowest BCUT2D eigenvalue weighted by Gasteiger charge is -2.22. The topological polar surface area (TPSA) is 55.4 Å². The van der Waals surface area contributed by atoms with Crippen LogP contribution < -0.4 is 10.1 Å². The molecule has 0 aliphatic heterocycles. The summed E-state index contributed by atoms with van der Waals surface area (Å²) in [6.07, 6.45) is 1.64. The Kier molecular flexibility index (Phi) is 8.18. The van der Waals surface area contributed by atoms with Gasteiger partial charge in [-0.1, -0.05) is 26.0 Å². The van der Waals surface area contributed by atoms with E-state index in [0.717, 1.165) is 5.56 Å². The number of amides is 1. The zero-order valence-corrected chi connectivity index (χ0v) is 16.7. The normalized spacial score (nSPS) is 11.9. The van der Waals surface area contributed by atoms with E-state index in [1.54, 1.807) is 36.4 Å². The van der Waals surface area contributed by atoms with Crippen LogP contribution in [-0.4, -0.2) is 24.3 Å². The smallest absolute Gasteiger partial charge is 0.220 e. The highest BCUT2D eigenvalue weighted by atomic mass is 19.1. The molecule has 4 nitrogen and oxygen atoms in total.